The van der Waals surface area contributed by atoms with Crippen LogP contribution in [0.5, 0.6) is 11.5 Å². The minimum Gasteiger partial charge on any atom is -0.481 e. The number of hydrogen-bond acceptors (Lipinski definition) is 5. The summed E-state index contributed by atoms with van der Waals surface area (Å²) in [6.45, 7) is 0.187. The number of hydrogen-bond donors (Lipinski definition) is 3. The number of carboxylic acids is 1. The molecular formula is C15H13N3O5. The second-order valence-corrected chi connectivity index (χ2v) is 5.50. The summed E-state index contributed by atoms with van der Waals surface area (Å²) in [5.41, 5.74) is 1.51. The average Bonchev–Trinajstić information content (AvgIpc) is 2.99. The van der Waals surface area contributed by atoms with Crippen molar-refractivity contribution in [2.45, 2.75) is 6.42 Å². The van der Waals surface area contributed by atoms with Crippen LogP contribution in [0.25, 0.3) is 11.1 Å². The zero-order chi connectivity index (χ0) is 16.0. The zero-order valence-electron chi connectivity index (χ0n) is 11.9. The second kappa shape index (κ2) is 5.01. The van der Waals surface area contributed by atoms with Crippen LogP contribution in [0.4, 0.5) is 5.82 Å². The zero-order valence-corrected chi connectivity index (χ0v) is 11.9. The van der Waals surface area contributed by atoms with Crippen molar-refractivity contribution in [3.05, 3.63) is 24.4 Å². The first kappa shape index (κ1) is 13.6. The molecule has 2 aliphatic rings. The fourth-order valence-corrected chi connectivity index (χ4v) is 2.64. The van der Waals surface area contributed by atoms with Crippen molar-refractivity contribution in [2.75, 3.05) is 12.1 Å². The molecule has 1 fully saturated rings. The number of aromatic nitrogens is 2. The number of carbonyl (C=O) groups is 2. The number of rotatable bonds is 4. The van der Waals surface area contributed by atoms with E-state index in [0.29, 0.717) is 29.3 Å². The molecule has 1 saturated carbocycles. The van der Waals surface area contributed by atoms with E-state index in [1.54, 1.807) is 18.3 Å². The van der Waals surface area contributed by atoms with Crippen LogP contribution >= 0.6 is 0 Å². The van der Waals surface area contributed by atoms with Crippen molar-refractivity contribution in [3.8, 4) is 22.6 Å². The SMILES string of the molecule is O=C(O)[C@@H]1C[C@H]1C(=O)Nc1[nH]ncc1-c1ccc2c(c1)OCO2. The van der Waals surface area contributed by atoms with Gasteiger partial charge < -0.3 is 19.9 Å². The lowest BCUT2D eigenvalue weighted by atomic mass is 10.1. The molecule has 1 amide bonds. The summed E-state index contributed by atoms with van der Waals surface area (Å²) in [6, 6.07) is 5.43. The van der Waals surface area contributed by atoms with Gasteiger partial charge in [-0.3, -0.25) is 14.7 Å². The molecule has 2 atom stereocenters. The topological polar surface area (TPSA) is 114 Å². The Bertz CT molecular complexity index is 800. The summed E-state index contributed by atoms with van der Waals surface area (Å²) in [5, 5.41) is 18.3. The molecule has 1 aromatic heterocycles. The lowest BCUT2D eigenvalue weighted by molar-refractivity contribution is -0.139. The van der Waals surface area contributed by atoms with Crippen LogP contribution in [0.1, 0.15) is 6.42 Å². The Kier molecular flexibility index (Phi) is 2.97. The fourth-order valence-electron chi connectivity index (χ4n) is 2.64. The molecule has 2 heterocycles. The maximum atomic E-state index is 12.1. The first-order valence-corrected chi connectivity index (χ1v) is 7.10. The number of ether oxygens (including phenoxy) is 2. The first-order valence-electron chi connectivity index (χ1n) is 7.10. The molecule has 118 valence electrons. The highest BCUT2D eigenvalue weighted by atomic mass is 16.7. The van der Waals surface area contributed by atoms with Gasteiger partial charge in [-0.05, 0) is 24.1 Å². The molecule has 23 heavy (non-hydrogen) atoms. The Morgan fingerprint density at radius 2 is 2.09 bits per heavy atom. The van der Waals surface area contributed by atoms with Crippen LogP contribution in [0.2, 0.25) is 0 Å². The van der Waals surface area contributed by atoms with Crippen molar-refractivity contribution < 1.29 is 24.2 Å². The van der Waals surface area contributed by atoms with Gasteiger partial charge in [0.1, 0.15) is 5.82 Å². The molecular weight excluding hydrogens is 302 g/mol. The molecule has 0 radical (unpaired) electrons. The lowest BCUT2D eigenvalue weighted by Gasteiger charge is -2.06. The van der Waals surface area contributed by atoms with Gasteiger partial charge in [0.05, 0.1) is 18.0 Å². The molecule has 2 aromatic rings. The number of carbonyl (C=O) groups excluding carboxylic acids is 1. The van der Waals surface area contributed by atoms with Gasteiger partial charge >= 0.3 is 5.97 Å². The summed E-state index contributed by atoms with van der Waals surface area (Å²) >= 11 is 0. The van der Waals surface area contributed by atoms with E-state index >= 15 is 0 Å². The number of nitrogens with zero attached hydrogens (tertiary/aromatic N) is 1. The number of anilines is 1. The summed E-state index contributed by atoms with van der Waals surface area (Å²) in [6.07, 6.45) is 1.96. The Morgan fingerprint density at radius 3 is 2.87 bits per heavy atom. The predicted molar refractivity (Wildman–Crippen MR) is 78.0 cm³/mol. The largest absolute Gasteiger partial charge is 0.481 e. The van der Waals surface area contributed by atoms with Gasteiger partial charge in [-0.15, -0.1) is 0 Å². The van der Waals surface area contributed by atoms with Crippen LogP contribution in [-0.4, -0.2) is 34.0 Å². The Hall–Kier alpha value is -3.03. The Labute approximate surface area is 130 Å². The Balaban J connectivity index is 1.55. The van der Waals surface area contributed by atoms with Crippen LogP contribution in [0.15, 0.2) is 24.4 Å². The van der Waals surface area contributed by atoms with Gasteiger partial charge in [-0.25, -0.2) is 0 Å². The average molecular weight is 315 g/mol. The van der Waals surface area contributed by atoms with Crippen LogP contribution in [0.3, 0.4) is 0 Å². The third kappa shape index (κ3) is 2.37. The molecule has 8 nitrogen and oxygen atoms in total. The van der Waals surface area contributed by atoms with Crippen molar-refractivity contribution in [1.29, 1.82) is 0 Å². The number of carboxylic acid groups (broad SMARTS) is 1. The summed E-state index contributed by atoms with van der Waals surface area (Å²) < 4.78 is 10.6. The minimum absolute atomic E-state index is 0.187. The molecule has 0 bridgehead atoms. The molecule has 0 spiro atoms. The fraction of sp³-hybridized carbons (Fsp3) is 0.267. The van der Waals surface area contributed by atoms with Crippen LogP contribution in [0, 0.1) is 11.8 Å². The molecule has 0 unspecified atom stereocenters. The number of fused-ring (bicyclic) bond motifs is 1. The van der Waals surface area contributed by atoms with E-state index in [1.165, 1.54) is 0 Å². The van der Waals surface area contributed by atoms with E-state index in [2.05, 4.69) is 15.5 Å². The van der Waals surface area contributed by atoms with E-state index in [4.69, 9.17) is 14.6 Å². The van der Waals surface area contributed by atoms with E-state index in [0.717, 1.165) is 5.56 Å². The number of aromatic amines is 1. The first-order chi connectivity index (χ1) is 11.1. The molecule has 0 saturated heterocycles. The normalized spacial score (nSPS) is 21.0. The van der Waals surface area contributed by atoms with Crippen LogP contribution in [-0.2, 0) is 9.59 Å². The van der Waals surface area contributed by atoms with Crippen LogP contribution < -0.4 is 14.8 Å². The summed E-state index contributed by atoms with van der Waals surface area (Å²) in [5.74, 6) is -0.592. The van der Waals surface area contributed by atoms with Gasteiger partial charge in [0.15, 0.2) is 11.5 Å². The van der Waals surface area contributed by atoms with Gasteiger partial charge in [-0.1, -0.05) is 6.07 Å². The molecule has 1 aliphatic carbocycles. The Morgan fingerprint density at radius 1 is 1.26 bits per heavy atom. The molecule has 1 aliphatic heterocycles. The molecule has 1 aromatic carbocycles. The van der Waals surface area contributed by atoms with Gasteiger partial charge in [-0.2, -0.15) is 5.10 Å². The van der Waals surface area contributed by atoms with E-state index in [-0.39, 0.29) is 12.7 Å². The number of H-pyrrole nitrogens is 1. The third-order valence-corrected chi connectivity index (χ3v) is 4.02. The van der Waals surface area contributed by atoms with Crippen molar-refractivity contribution in [3.63, 3.8) is 0 Å². The number of benzene rings is 1. The number of amides is 1. The maximum Gasteiger partial charge on any atom is 0.307 e. The highest BCUT2D eigenvalue weighted by Crippen LogP contribution is 2.41. The smallest absolute Gasteiger partial charge is 0.307 e. The van der Waals surface area contributed by atoms with Gasteiger partial charge in [0.25, 0.3) is 0 Å². The highest BCUT2D eigenvalue weighted by molar-refractivity contribution is 6.00. The maximum absolute atomic E-state index is 12.1. The number of aliphatic carboxylic acids is 1. The van der Waals surface area contributed by atoms with E-state index < -0.39 is 17.8 Å². The van der Waals surface area contributed by atoms with E-state index in [1.807, 2.05) is 6.07 Å². The molecule has 3 N–H and O–H groups in total. The van der Waals surface area contributed by atoms with Crippen molar-refractivity contribution >= 4 is 17.7 Å². The summed E-state index contributed by atoms with van der Waals surface area (Å²) in [7, 11) is 0. The van der Waals surface area contributed by atoms with Crippen molar-refractivity contribution in [2.24, 2.45) is 11.8 Å². The third-order valence-electron chi connectivity index (χ3n) is 4.02. The number of nitrogens with one attached hydrogen (secondary N) is 2. The monoisotopic (exact) mass is 315 g/mol. The molecule has 4 rings (SSSR count). The predicted octanol–water partition coefficient (Wildman–Crippen LogP) is 1.46. The molecule has 8 heteroatoms. The van der Waals surface area contributed by atoms with Crippen molar-refractivity contribution in [1.82, 2.24) is 10.2 Å². The lowest BCUT2D eigenvalue weighted by Crippen LogP contribution is -2.17. The standard InChI is InChI=1S/C15H13N3O5/c19-14(8-4-9(8)15(20)21)17-13-10(5-16-18-13)7-1-2-11-12(3-7)23-6-22-11/h1-3,5,8-9H,4,6H2,(H,20,21)(H2,16,17,18,19)/t8-,9-/m1/s1. The summed E-state index contributed by atoms with van der Waals surface area (Å²) in [4.78, 5) is 22.9. The van der Waals surface area contributed by atoms with Gasteiger partial charge in [0, 0.05) is 5.56 Å². The minimum atomic E-state index is -0.939. The second-order valence-electron chi connectivity index (χ2n) is 5.50. The van der Waals surface area contributed by atoms with Gasteiger partial charge in [0.2, 0.25) is 12.7 Å². The quantitative estimate of drug-likeness (QED) is 0.787. The van der Waals surface area contributed by atoms with E-state index in [9.17, 15) is 9.59 Å². The highest BCUT2D eigenvalue weighted by Gasteiger charge is 2.48.